The Hall–Kier alpha value is -2.49. The molecular formula is C23H30N2O2. The molecule has 4 heteroatoms. The number of para-hydroxylation sites is 1. The topological polar surface area (TPSA) is 41.6 Å². The van der Waals surface area contributed by atoms with Crippen LogP contribution in [0, 0.1) is 0 Å². The third-order valence-corrected chi connectivity index (χ3v) is 5.20. The second kappa shape index (κ2) is 9.45. The number of anilines is 1. The summed E-state index contributed by atoms with van der Waals surface area (Å²) in [7, 11) is 2.03. The van der Waals surface area contributed by atoms with E-state index >= 15 is 0 Å². The lowest BCUT2D eigenvalue weighted by Crippen LogP contribution is -2.41. The van der Waals surface area contributed by atoms with Gasteiger partial charge in [-0.1, -0.05) is 31.2 Å². The Balaban J connectivity index is 1.50. The number of carbonyl (C=O) groups is 1. The van der Waals surface area contributed by atoms with E-state index in [0.717, 1.165) is 30.8 Å². The summed E-state index contributed by atoms with van der Waals surface area (Å²) >= 11 is 0. The Labute approximate surface area is 162 Å². The largest absolute Gasteiger partial charge is 0.481 e. The minimum absolute atomic E-state index is 0.0447. The van der Waals surface area contributed by atoms with E-state index in [-0.39, 0.29) is 5.91 Å². The predicted octanol–water partition coefficient (Wildman–Crippen LogP) is 3.98. The van der Waals surface area contributed by atoms with Crippen LogP contribution in [-0.4, -0.2) is 32.1 Å². The van der Waals surface area contributed by atoms with Gasteiger partial charge in [0.25, 0.3) is 5.91 Å². The van der Waals surface area contributed by atoms with E-state index in [9.17, 15) is 4.79 Å². The molecule has 0 aromatic heterocycles. The average Bonchev–Trinajstić information content (AvgIpc) is 2.72. The van der Waals surface area contributed by atoms with Crippen molar-refractivity contribution in [3.63, 3.8) is 0 Å². The van der Waals surface area contributed by atoms with Crippen molar-refractivity contribution in [1.82, 2.24) is 5.32 Å². The third kappa shape index (κ3) is 5.25. The molecule has 0 radical (unpaired) electrons. The highest BCUT2D eigenvalue weighted by atomic mass is 16.5. The van der Waals surface area contributed by atoms with Crippen molar-refractivity contribution >= 4 is 11.6 Å². The number of carbonyl (C=O) groups excluding carboxylic acids is 1. The molecule has 0 spiro atoms. The van der Waals surface area contributed by atoms with E-state index in [1.165, 1.54) is 24.0 Å². The minimum Gasteiger partial charge on any atom is -0.481 e. The molecule has 1 N–H and O–H groups in total. The van der Waals surface area contributed by atoms with E-state index in [2.05, 4.69) is 34.5 Å². The lowest BCUT2D eigenvalue weighted by molar-refractivity contribution is -0.128. The Morgan fingerprint density at radius 2 is 1.85 bits per heavy atom. The number of aryl methyl sites for hydroxylation is 2. The molecule has 0 bridgehead atoms. The second-order valence-electron chi connectivity index (χ2n) is 7.20. The van der Waals surface area contributed by atoms with Gasteiger partial charge in [0, 0.05) is 25.8 Å². The lowest BCUT2D eigenvalue weighted by atomic mass is 9.92. The smallest absolute Gasteiger partial charge is 0.261 e. The van der Waals surface area contributed by atoms with Crippen LogP contribution in [0.1, 0.15) is 37.3 Å². The number of nitrogens with zero attached hydrogens (tertiary/aromatic N) is 1. The van der Waals surface area contributed by atoms with Crippen LogP contribution < -0.4 is 15.0 Å². The Morgan fingerprint density at radius 3 is 2.59 bits per heavy atom. The maximum absolute atomic E-state index is 12.5. The van der Waals surface area contributed by atoms with Crippen LogP contribution in [0.3, 0.4) is 0 Å². The summed E-state index contributed by atoms with van der Waals surface area (Å²) < 4.78 is 6.01. The van der Waals surface area contributed by atoms with Crippen LogP contribution >= 0.6 is 0 Å². The van der Waals surface area contributed by atoms with Gasteiger partial charge in [-0.2, -0.15) is 0 Å². The molecule has 2 aromatic rings. The van der Waals surface area contributed by atoms with Crippen LogP contribution in [-0.2, 0) is 17.6 Å². The molecule has 3 rings (SSSR count). The quantitative estimate of drug-likeness (QED) is 0.768. The van der Waals surface area contributed by atoms with Crippen LogP contribution in [0.15, 0.2) is 48.5 Å². The Morgan fingerprint density at radius 1 is 1.11 bits per heavy atom. The monoisotopic (exact) mass is 366 g/mol. The van der Waals surface area contributed by atoms with Crippen LogP contribution in [0.4, 0.5) is 5.69 Å². The van der Waals surface area contributed by atoms with Gasteiger partial charge in [-0.25, -0.2) is 0 Å². The Bertz CT molecular complexity index is 745. The van der Waals surface area contributed by atoms with Gasteiger partial charge in [0.2, 0.25) is 0 Å². The van der Waals surface area contributed by atoms with Gasteiger partial charge in [-0.3, -0.25) is 4.79 Å². The molecule has 27 heavy (non-hydrogen) atoms. The van der Waals surface area contributed by atoms with Crippen molar-refractivity contribution in [3.05, 3.63) is 59.7 Å². The normalized spacial score (nSPS) is 14.1. The van der Waals surface area contributed by atoms with Crippen molar-refractivity contribution in [3.8, 4) is 5.75 Å². The summed E-state index contributed by atoms with van der Waals surface area (Å²) in [5.41, 5.74) is 3.94. The molecule has 2 aromatic carbocycles. The highest BCUT2D eigenvalue weighted by Gasteiger charge is 2.19. The number of likely N-dealkylation sites (N-methyl/N-ethyl adjacent to an activating group) is 1. The maximum Gasteiger partial charge on any atom is 0.261 e. The summed E-state index contributed by atoms with van der Waals surface area (Å²) in [5, 5.41) is 3.01. The molecule has 0 unspecified atom stereocenters. The highest BCUT2D eigenvalue weighted by Crippen LogP contribution is 2.26. The first-order valence-corrected chi connectivity index (χ1v) is 9.99. The summed E-state index contributed by atoms with van der Waals surface area (Å²) in [6.07, 6.45) is 4.98. The lowest BCUT2D eigenvalue weighted by Gasteiger charge is -2.22. The second-order valence-corrected chi connectivity index (χ2v) is 7.20. The molecule has 0 saturated heterocycles. The fourth-order valence-electron chi connectivity index (χ4n) is 3.54. The highest BCUT2D eigenvalue weighted by molar-refractivity contribution is 5.81. The van der Waals surface area contributed by atoms with E-state index in [1.54, 1.807) is 0 Å². The van der Waals surface area contributed by atoms with Gasteiger partial charge in [0.05, 0.1) is 0 Å². The molecular weight excluding hydrogens is 336 g/mol. The number of amides is 1. The van der Waals surface area contributed by atoms with E-state index in [0.29, 0.717) is 13.0 Å². The molecule has 0 fully saturated rings. The van der Waals surface area contributed by atoms with Crippen molar-refractivity contribution in [1.29, 1.82) is 0 Å². The van der Waals surface area contributed by atoms with Gasteiger partial charge < -0.3 is 15.0 Å². The first-order valence-electron chi connectivity index (χ1n) is 9.99. The van der Waals surface area contributed by atoms with Gasteiger partial charge >= 0.3 is 0 Å². The standard InChI is InChI=1S/C23H30N2O2/c1-3-22(27-21-14-13-18-9-7-8-10-19(18)17-21)23(26)24-15-16-25(2)20-11-5-4-6-12-20/h4-6,11-14,17,22H,3,7-10,15-16H2,1-2H3,(H,24,26)/t22-/m0/s1. The number of nitrogens with one attached hydrogen (secondary N) is 1. The van der Waals surface area contributed by atoms with E-state index < -0.39 is 6.10 Å². The minimum atomic E-state index is -0.450. The summed E-state index contributed by atoms with van der Waals surface area (Å²) in [6, 6.07) is 16.4. The third-order valence-electron chi connectivity index (χ3n) is 5.20. The fraction of sp³-hybridized carbons (Fsp3) is 0.435. The number of benzene rings is 2. The average molecular weight is 367 g/mol. The zero-order valence-electron chi connectivity index (χ0n) is 16.4. The van der Waals surface area contributed by atoms with Gasteiger partial charge in [0.15, 0.2) is 6.10 Å². The van der Waals surface area contributed by atoms with Crippen LogP contribution in [0.2, 0.25) is 0 Å². The molecule has 1 atom stereocenters. The number of fused-ring (bicyclic) bond motifs is 1. The van der Waals surface area contributed by atoms with Crippen molar-refractivity contribution in [2.24, 2.45) is 0 Å². The van der Waals surface area contributed by atoms with Crippen molar-refractivity contribution < 1.29 is 9.53 Å². The number of hydrogen-bond acceptors (Lipinski definition) is 3. The molecule has 1 aliphatic rings. The maximum atomic E-state index is 12.5. The Kier molecular flexibility index (Phi) is 6.74. The first-order chi connectivity index (χ1) is 13.2. The van der Waals surface area contributed by atoms with Gasteiger partial charge in [-0.15, -0.1) is 0 Å². The van der Waals surface area contributed by atoms with Crippen molar-refractivity contribution in [2.45, 2.75) is 45.1 Å². The molecule has 1 amide bonds. The van der Waals surface area contributed by atoms with E-state index in [1.807, 2.05) is 38.2 Å². The molecule has 0 aliphatic heterocycles. The summed E-state index contributed by atoms with van der Waals surface area (Å²) in [5.74, 6) is 0.760. The molecule has 1 aliphatic carbocycles. The number of rotatable bonds is 8. The summed E-state index contributed by atoms with van der Waals surface area (Å²) in [6.45, 7) is 3.33. The molecule has 0 saturated carbocycles. The number of hydrogen-bond donors (Lipinski definition) is 1. The zero-order chi connectivity index (χ0) is 19.1. The first kappa shape index (κ1) is 19.3. The van der Waals surface area contributed by atoms with Gasteiger partial charge in [0.1, 0.15) is 5.75 Å². The van der Waals surface area contributed by atoms with Crippen LogP contribution in [0.25, 0.3) is 0 Å². The fourth-order valence-corrected chi connectivity index (χ4v) is 3.54. The molecule has 144 valence electrons. The van der Waals surface area contributed by atoms with Crippen molar-refractivity contribution in [2.75, 3.05) is 25.0 Å². The summed E-state index contributed by atoms with van der Waals surface area (Å²) in [4.78, 5) is 14.7. The SMILES string of the molecule is CC[C@H](Oc1ccc2c(c1)CCCC2)C(=O)NCCN(C)c1ccccc1. The van der Waals surface area contributed by atoms with E-state index in [4.69, 9.17) is 4.74 Å². The van der Waals surface area contributed by atoms with Gasteiger partial charge in [-0.05, 0) is 67.5 Å². The predicted molar refractivity (Wildman–Crippen MR) is 111 cm³/mol. The number of ether oxygens (including phenoxy) is 1. The van der Waals surface area contributed by atoms with Crippen LogP contribution in [0.5, 0.6) is 5.75 Å². The zero-order valence-corrected chi connectivity index (χ0v) is 16.4. The molecule has 4 nitrogen and oxygen atoms in total. The molecule has 0 heterocycles.